The fourth-order valence-corrected chi connectivity index (χ4v) is 1.56. The summed E-state index contributed by atoms with van der Waals surface area (Å²) in [5.41, 5.74) is 0. The minimum absolute atomic E-state index is 0.0274. The molecule has 0 saturated carbocycles. The zero-order chi connectivity index (χ0) is 11.3. The fourth-order valence-electron chi connectivity index (χ4n) is 1.56. The third-order valence-electron chi connectivity index (χ3n) is 2.33. The van der Waals surface area contributed by atoms with Crippen LogP contribution in [0.1, 0.15) is 32.6 Å². The minimum Gasteiger partial charge on any atom is -0.481 e. The molecule has 0 aromatic carbocycles. The largest absolute Gasteiger partial charge is 0.481 e. The van der Waals surface area contributed by atoms with Crippen molar-refractivity contribution < 1.29 is 19.5 Å². The Balaban J connectivity index is 2.30. The Morgan fingerprint density at radius 2 is 2.13 bits per heavy atom. The number of carboxylic acid groups (broad SMARTS) is 1. The van der Waals surface area contributed by atoms with Crippen molar-refractivity contribution in [2.24, 2.45) is 5.92 Å². The lowest BCUT2D eigenvalue weighted by Crippen LogP contribution is -2.36. The van der Waals surface area contributed by atoms with Gasteiger partial charge in [-0.15, -0.1) is 0 Å². The second-order valence-electron chi connectivity index (χ2n) is 3.94. The molecule has 86 valence electrons. The second kappa shape index (κ2) is 5.70. The summed E-state index contributed by atoms with van der Waals surface area (Å²) >= 11 is 0. The summed E-state index contributed by atoms with van der Waals surface area (Å²) in [5.74, 6) is -1.11. The molecule has 1 unspecified atom stereocenters. The maximum atomic E-state index is 11.6. The van der Waals surface area contributed by atoms with Gasteiger partial charge in [-0.25, -0.2) is 5.06 Å². The molecule has 1 N–H and O–H groups in total. The van der Waals surface area contributed by atoms with Gasteiger partial charge in [0, 0.05) is 19.4 Å². The zero-order valence-electron chi connectivity index (χ0n) is 8.94. The van der Waals surface area contributed by atoms with Crippen LogP contribution in [0.4, 0.5) is 0 Å². The van der Waals surface area contributed by atoms with Crippen molar-refractivity contribution in [2.45, 2.75) is 32.6 Å². The molecule has 5 nitrogen and oxygen atoms in total. The van der Waals surface area contributed by atoms with Crippen molar-refractivity contribution in [3.8, 4) is 0 Å². The molecule has 5 heteroatoms. The first kappa shape index (κ1) is 12.0. The third kappa shape index (κ3) is 4.29. The van der Waals surface area contributed by atoms with Gasteiger partial charge in [0.05, 0.1) is 6.61 Å². The third-order valence-corrected chi connectivity index (χ3v) is 2.33. The van der Waals surface area contributed by atoms with Crippen molar-refractivity contribution in [1.29, 1.82) is 0 Å². The van der Waals surface area contributed by atoms with Gasteiger partial charge in [0.15, 0.2) is 0 Å². The average molecular weight is 215 g/mol. The number of hydrogen-bond acceptors (Lipinski definition) is 3. The van der Waals surface area contributed by atoms with E-state index in [1.807, 2.05) is 0 Å². The molecular weight excluding hydrogens is 198 g/mol. The lowest BCUT2D eigenvalue weighted by molar-refractivity contribution is -0.197. The van der Waals surface area contributed by atoms with Crippen molar-refractivity contribution in [2.75, 3.05) is 13.2 Å². The first-order valence-electron chi connectivity index (χ1n) is 5.24. The predicted octanol–water partition coefficient (Wildman–Crippen LogP) is 1.04. The molecule has 0 aromatic heterocycles. The molecule has 0 radical (unpaired) electrons. The Morgan fingerprint density at radius 1 is 1.40 bits per heavy atom. The molecule has 0 aromatic rings. The number of carbonyl (C=O) groups excluding carboxylic acids is 1. The lowest BCUT2D eigenvalue weighted by Gasteiger charge is -2.26. The van der Waals surface area contributed by atoms with Gasteiger partial charge in [0.1, 0.15) is 0 Å². The first-order chi connectivity index (χ1) is 7.09. The normalized spacial score (nSPS) is 18.6. The van der Waals surface area contributed by atoms with Crippen molar-refractivity contribution in [3.05, 3.63) is 0 Å². The summed E-state index contributed by atoms with van der Waals surface area (Å²) in [7, 11) is 0. The molecule has 1 saturated heterocycles. The summed E-state index contributed by atoms with van der Waals surface area (Å²) < 4.78 is 0. The monoisotopic (exact) mass is 215 g/mol. The molecule has 1 rings (SSSR count). The van der Waals surface area contributed by atoms with E-state index < -0.39 is 5.97 Å². The zero-order valence-corrected chi connectivity index (χ0v) is 8.94. The Kier molecular flexibility index (Phi) is 4.55. The Bertz CT molecular complexity index is 236. The second-order valence-corrected chi connectivity index (χ2v) is 3.94. The molecule has 15 heavy (non-hydrogen) atoms. The molecule has 1 atom stereocenters. The van der Waals surface area contributed by atoms with E-state index in [1.165, 1.54) is 5.06 Å². The van der Waals surface area contributed by atoms with Gasteiger partial charge in [-0.05, 0) is 18.8 Å². The van der Waals surface area contributed by atoms with Gasteiger partial charge in [-0.1, -0.05) is 6.92 Å². The molecule has 0 aliphatic carbocycles. The van der Waals surface area contributed by atoms with Crippen LogP contribution < -0.4 is 0 Å². The topological polar surface area (TPSA) is 66.8 Å². The Morgan fingerprint density at radius 3 is 2.67 bits per heavy atom. The molecule has 1 amide bonds. The van der Waals surface area contributed by atoms with E-state index in [0.717, 1.165) is 12.8 Å². The first-order valence-corrected chi connectivity index (χ1v) is 5.24. The van der Waals surface area contributed by atoms with Crippen LogP contribution in [0.15, 0.2) is 0 Å². The van der Waals surface area contributed by atoms with E-state index in [1.54, 1.807) is 6.92 Å². The van der Waals surface area contributed by atoms with Gasteiger partial charge < -0.3 is 5.11 Å². The number of carboxylic acids is 1. The lowest BCUT2D eigenvalue weighted by atomic mass is 10.0. The van der Waals surface area contributed by atoms with Crippen LogP contribution in [-0.4, -0.2) is 35.2 Å². The summed E-state index contributed by atoms with van der Waals surface area (Å²) in [4.78, 5) is 27.2. The SMILES string of the molecule is CC(CC(=O)O)CC(=O)N1CCCCO1. The highest BCUT2D eigenvalue weighted by Crippen LogP contribution is 2.13. The van der Waals surface area contributed by atoms with Gasteiger partial charge in [0.25, 0.3) is 0 Å². The molecule has 1 fully saturated rings. The molecule has 0 spiro atoms. The van der Waals surface area contributed by atoms with Gasteiger partial charge in [0.2, 0.25) is 5.91 Å². The van der Waals surface area contributed by atoms with E-state index >= 15 is 0 Å². The van der Waals surface area contributed by atoms with Gasteiger partial charge >= 0.3 is 5.97 Å². The number of hydroxylamine groups is 2. The number of amides is 1. The predicted molar refractivity (Wildman–Crippen MR) is 52.9 cm³/mol. The van der Waals surface area contributed by atoms with Crippen molar-refractivity contribution >= 4 is 11.9 Å². The van der Waals surface area contributed by atoms with Crippen LogP contribution in [0.3, 0.4) is 0 Å². The number of aliphatic carboxylic acids is 1. The van der Waals surface area contributed by atoms with E-state index in [2.05, 4.69) is 0 Å². The minimum atomic E-state index is -0.866. The van der Waals surface area contributed by atoms with Crippen molar-refractivity contribution in [1.82, 2.24) is 5.06 Å². The van der Waals surface area contributed by atoms with Crippen LogP contribution in [-0.2, 0) is 14.4 Å². The van der Waals surface area contributed by atoms with Gasteiger partial charge in [-0.3, -0.25) is 14.4 Å². The summed E-state index contributed by atoms with van der Waals surface area (Å²) in [6.07, 6.45) is 2.21. The number of rotatable bonds is 4. The molecular formula is C10H17NO4. The molecule has 0 bridgehead atoms. The summed E-state index contributed by atoms with van der Waals surface area (Å²) in [6, 6.07) is 0. The molecule has 1 aliphatic rings. The average Bonchev–Trinajstić information content (AvgIpc) is 2.17. The highest BCUT2D eigenvalue weighted by molar-refractivity contribution is 5.76. The summed E-state index contributed by atoms with van der Waals surface area (Å²) in [5, 5.41) is 9.91. The molecule has 1 heterocycles. The fraction of sp³-hybridized carbons (Fsp3) is 0.800. The van der Waals surface area contributed by atoms with E-state index in [9.17, 15) is 9.59 Å². The van der Waals surface area contributed by atoms with E-state index in [-0.39, 0.29) is 24.7 Å². The van der Waals surface area contributed by atoms with Crippen LogP contribution in [0, 0.1) is 5.92 Å². The number of carbonyl (C=O) groups is 2. The summed E-state index contributed by atoms with van der Waals surface area (Å²) in [6.45, 7) is 2.97. The van der Waals surface area contributed by atoms with E-state index in [0.29, 0.717) is 13.2 Å². The Hall–Kier alpha value is -1.10. The number of hydrogen-bond donors (Lipinski definition) is 1. The maximum Gasteiger partial charge on any atom is 0.303 e. The quantitative estimate of drug-likeness (QED) is 0.761. The number of nitrogens with zero attached hydrogens (tertiary/aromatic N) is 1. The van der Waals surface area contributed by atoms with Crippen LogP contribution in [0.25, 0.3) is 0 Å². The smallest absolute Gasteiger partial charge is 0.303 e. The Labute approximate surface area is 89.0 Å². The van der Waals surface area contributed by atoms with Crippen molar-refractivity contribution in [3.63, 3.8) is 0 Å². The van der Waals surface area contributed by atoms with Gasteiger partial charge in [-0.2, -0.15) is 0 Å². The van der Waals surface area contributed by atoms with Crippen LogP contribution in [0.2, 0.25) is 0 Å². The van der Waals surface area contributed by atoms with Crippen LogP contribution in [0.5, 0.6) is 0 Å². The van der Waals surface area contributed by atoms with E-state index in [4.69, 9.17) is 9.94 Å². The standard InChI is InChI=1S/C10H17NO4/c1-8(7-10(13)14)6-9(12)11-4-2-3-5-15-11/h8H,2-7H2,1H3,(H,13,14). The molecule has 1 aliphatic heterocycles. The maximum absolute atomic E-state index is 11.6. The highest BCUT2D eigenvalue weighted by Gasteiger charge is 2.20. The highest BCUT2D eigenvalue weighted by atomic mass is 16.7. The van der Waals surface area contributed by atoms with Crippen LogP contribution >= 0.6 is 0 Å².